The topological polar surface area (TPSA) is 82.4 Å². The number of pyridine rings is 2. The molecule has 1 amide bonds. The van der Waals surface area contributed by atoms with Crippen LogP contribution in [0.5, 0.6) is 11.6 Å². The summed E-state index contributed by atoms with van der Waals surface area (Å²) in [5, 5.41) is 5.91. The van der Waals surface area contributed by atoms with Crippen LogP contribution >= 0.6 is 11.3 Å². The second-order valence-corrected chi connectivity index (χ2v) is 8.37. The summed E-state index contributed by atoms with van der Waals surface area (Å²) in [5.41, 5.74) is 1.01. The first-order valence-corrected chi connectivity index (χ1v) is 11.1. The van der Waals surface area contributed by atoms with Gasteiger partial charge in [0.25, 0.3) is 5.56 Å². The van der Waals surface area contributed by atoms with Crippen LogP contribution in [0.4, 0.5) is 4.79 Å². The van der Waals surface area contributed by atoms with Crippen molar-refractivity contribution >= 4 is 28.2 Å². The number of carbonyl (C=O) groups is 1. The zero-order chi connectivity index (χ0) is 21.3. The van der Waals surface area contributed by atoms with Crippen LogP contribution in [0.3, 0.4) is 0 Å². The van der Waals surface area contributed by atoms with E-state index in [0.29, 0.717) is 22.4 Å². The van der Waals surface area contributed by atoms with Gasteiger partial charge in [0.05, 0.1) is 30.1 Å². The van der Waals surface area contributed by atoms with Crippen LogP contribution < -0.4 is 20.3 Å². The standard InChI is InChI=1S/C22H25N3O4S/c1-4-13(5-2)25-12-18(16-11-23-20(28-3)10-15(16)21(25)26)29-22(27)24-17-6-7-19-14(17)8-9-30-19/h8-13,17H,4-7H2,1-3H3,(H,24,27). The van der Waals surface area contributed by atoms with Crippen molar-refractivity contribution < 1.29 is 14.3 Å². The van der Waals surface area contributed by atoms with E-state index >= 15 is 0 Å². The highest BCUT2D eigenvalue weighted by atomic mass is 32.1. The number of aromatic nitrogens is 2. The largest absolute Gasteiger partial charge is 0.481 e. The molecule has 30 heavy (non-hydrogen) atoms. The summed E-state index contributed by atoms with van der Waals surface area (Å²) in [5.74, 6) is 0.654. The fourth-order valence-corrected chi connectivity index (χ4v) is 5.03. The van der Waals surface area contributed by atoms with E-state index in [-0.39, 0.29) is 17.6 Å². The van der Waals surface area contributed by atoms with Gasteiger partial charge >= 0.3 is 6.09 Å². The Morgan fingerprint density at radius 2 is 2.17 bits per heavy atom. The lowest BCUT2D eigenvalue weighted by Gasteiger charge is -2.19. The predicted octanol–water partition coefficient (Wildman–Crippen LogP) is 4.60. The average Bonchev–Trinajstić information content (AvgIpc) is 3.37. The number of aryl methyl sites for hydroxylation is 1. The molecule has 1 unspecified atom stereocenters. The molecule has 1 aliphatic carbocycles. The lowest BCUT2D eigenvalue weighted by Crippen LogP contribution is -2.31. The van der Waals surface area contributed by atoms with E-state index < -0.39 is 6.09 Å². The second kappa shape index (κ2) is 8.47. The van der Waals surface area contributed by atoms with E-state index in [1.165, 1.54) is 18.2 Å². The first-order chi connectivity index (χ1) is 14.5. The molecule has 0 saturated carbocycles. The minimum atomic E-state index is -0.536. The maximum absolute atomic E-state index is 13.1. The lowest BCUT2D eigenvalue weighted by molar-refractivity contribution is 0.196. The van der Waals surface area contributed by atoms with Crippen LogP contribution in [0.15, 0.2) is 34.7 Å². The molecule has 0 radical (unpaired) electrons. The molecule has 0 aromatic carbocycles. The van der Waals surface area contributed by atoms with E-state index in [4.69, 9.17) is 9.47 Å². The molecule has 8 heteroatoms. The molecule has 1 aliphatic rings. The summed E-state index contributed by atoms with van der Waals surface area (Å²) < 4.78 is 12.5. The van der Waals surface area contributed by atoms with Crippen LogP contribution in [0.2, 0.25) is 0 Å². The van der Waals surface area contributed by atoms with Crippen molar-refractivity contribution in [2.75, 3.05) is 7.11 Å². The smallest absolute Gasteiger partial charge is 0.413 e. The first kappa shape index (κ1) is 20.4. The lowest BCUT2D eigenvalue weighted by atomic mass is 10.1. The highest BCUT2D eigenvalue weighted by molar-refractivity contribution is 7.10. The molecular formula is C22H25N3O4S. The molecular weight excluding hydrogens is 402 g/mol. The monoisotopic (exact) mass is 427 g/mol. The number of amides is 1. The Morgan fingerprint density at radius 1 is 1.37 bits per heavy atom. The van der Waals surface area contributed by atoms with Crippen molar-refractivity contribution in [2.45, 2.75) is 51.6 Å². The molecule has 0 saturated heterocycles. The Bertz CT molecular complexity index is 1130. The highest BCUT2D eigenvalue weighted by Crippen LogP contribution is 2.35. The summed E-state index contributed by atoms with van der Waals surface area (Å²) in [4.78, 5) is 31.3. The zero-order valence-electron chi connectivity index (χ0n) is 17.3. The fourth-order valence-electron chi connectivity index (χ4n) is 4.07. The van der Waals surface area contributed by atoms with E-state index in [1.54, 1.807) is 28.2 Å². The number of ether oxygens (including phenoxy) is 2. The number of thiophene rings is 1. The zero-order valence-corrected chi connectivity index (χ0v) is 18.1. The predicted molar refractivity (Wildman–Crippen MR) is 117 cm³/mol. The van der Waals surface area contributed by atoms with Gasteiger partial charge in [-0.25, -0.2) is 9.78 Å². The first-order valence-electron chi connectivity index (χ1n) is 10.2. The SMILES string of the molecule is CCC(CC)n1cc(OC(=O)NC2CCc3sccc32)c2cnc(OC)cc2c1=O. The Hall–Kier alpha value is -2.87. The molecule has 0 spiro atoms. The number of methoxy groups -OCH3 is 1. The number of carbonyl (C=O) groups excluding carboxylic acids is 1. The molecule has 4 rings (SSSR count). The minimum absolute atomic E-state index is 0.00895. The third-order valence-electron chi connectivity index (χ3n) is 5.72. The van der Waals surface area contributed by atoms with Crippen molar-refractivity contribution in [3.05, 3.63) is 50.7 Å². The molecule has 1 atom stereocenters. The summed E-state index contributed by atoms with van der Waals surface area (Å²) in [6.07, 6.45) is 6.01. The van der Waals surface area contributed by atoms with Gasteiger partial charge in [0.15, 0.2) is 5.75 Å². The summed E-state index contributed by atoms with van der Waals surface area (Å²) in [7, 11) is 1.50. The van der Waals surface area contributed by atoms with Gasteiger partial charge in [0, 0.05) is 23.2 Å². The number of nitrogens with one attached hydrogen (secondary N) is 1. The number of nitrogens with zero attached hydrogens (tertiary/aromatic N) is 2. The van der Waals surface area contributed by atoms with Gasteiger partial charge in [0.2, 0.25) is 5.88 Å². The quantitative estimate of drug-likeness (QED) is 0.621. The molecule has 3 aromatic heterocycles. The Kier molecular flexibility index (Phi) is 5.76. The van der Waals surface area contributed by atoms with Crippen LogP contribution in [0.1, 0.15) is 55.6 Å². The average molecular weight is 428 g/mol. The van der Waals surface area contributed by atoms with Gasteiger partial charge in [-0.15, -0.1) is 11.3 Å². The molecule has 0 aliphatic heterocycles. The van der Waals surface area contributed by atoms with Crippen molar-refractivity contribution in [1.29, 1.82) is 0 Å². The van der Waals surface area contributed by atoms with Gasteiger partial charge in [-0.1, -0.05) is 13.8 Å². The second-order valence-electron chi connectivity index (χ2n) is 7.37. The van der Waals surface area contributed by atoms with Crippen LogP contribution in [-0.2, 0) is 6.42 Å². The third kappa shape index (κ3) is 3.67. The van der Waals surface area contributed by atoms with Gasteiger partial charge in [0.1, 0.15) is 0 Å². The Labute approximate surface area is 178 Å². The van der Waals surface area contributed by atoms with Crippen LogP contribution in [-0.4, -0.2) is 22.8 Å². The van der Waals surface area contributed by atoms with E-state index in [2.05, 4.69) is 16.4 Å². The number of hydrogen-bond donors (Lipinski definition) is 1. The van der Waals surface area contributed by atoms with Gasteiger partial charge in [-0.2, -0.15) is 0 Å². The van der Waals surface area contributed by atoms with E-state index in [1.807, 2.05) is 19.2 Å². The molecule has 3 aromatic rings. The highest BCUT2D eigenvalue weighted by Gasteiger charge is 2.26. The maximum Gasteiger partial charge on any atom is 0.413 e. The van der Waals surface area contributed by atoms with Crippen molar-refractivity contribution in [2.24, 2.45) is 0 Å². The van der Waals surface area contributed by atoms with Gasteiger partial charge < -0.3 is 19.4 Å². The fraction of sp³-hybridized carbons (Fsp3) is 0.409. The van der Waals surface area contributed by atoms with E-state index in [0.717, 1.165) is 31.2 Å². The Morgan fingerprint density at radius 3 is 2.90 bits per heavy atom. The Balaban J connectivity index is 1.69. The normalized spacial score (nSPS) is 15.4. The summed E-state index contributed by atoms with van der Waals surface area (Å²) in [6, 6.07) is 3.61. The van der Waals surface area contributed by atoms with Crippen molar-refractivity contribution in [3.63, 3.8) is 0 Å². The molecule has 1 N–H and O–H groups in total. The van der Waals surface area contributed by atoms with Gasteiger partial charge in [-0.05, 0) is 42.7 Å². The molecule has 0 fully saturated rings. The molecule has 3 heterocycles. The van der Waals surface area contributed by atoms with Crippen molar-refractivity contribution in [1.82, 2.24) is 14.9 Å². The minimum Gasteiger partial charge on any atom is -0.481 e. The molecule has 7 nitrogen and oxygen atoms in total. The third-order valence-corrected chi connectivity index (χ3v) is 6.72. The van der Waals surface area contributed by atoms with E-state index in [9.17, 15) is 9.59 Å². The maximum atomic E-state index is 13.1. The number of fused-ring (bicyclic) bond motifs is 2. The van der Waals surface area contributed by atoms with Crippen LogP contribution in [0, 0.1) is 0 Å². The molecule has 158 valence electrons. The van der Waals surface area contributed by atoms with Crippen LogP contribution in [0.25, 0.3) is 10.8 Å². The number of hydrogen-bond acceptors (Lipinski definition) is 6. The van der Waals surface area contributed by atoms with Crippen molar-refractivity contribution in [3.8, 4) is 11.6 Å². The summed E-state index contributed by atoms with van der Waals surface area (Å²) in [6.45, 7) is 4.06. The summed E-state index contributed by atoms with van der Waals surface area (Å²) >= 11 is 1.71. The molecule has 0 bridgehead atoms. The van der Waals surface area contributed by atoms with Gasteiger partial charge in [-0.3, -0.25) is 4.79 Å². The number of rotatable bonds is 6.